The highest BCUT2D eigenvalue weighted by Crippen LogP contribution is 2.32. The number of likely N-dealkylation sites (tertiary alicyclic amines) is 1. The Bertz CT molecular complexity index is 545. The first-order valence-corrected chi connectivity index (χ1v) is 6.68. The van der Waals surface area contributed by atoms with E-state index >= 15 is 0 Å². The van der Waals surface area contributed by atoms with Gasteiger partial charge in [0, 0.05) is 31.7 Å². The third kappa shape index (κ3) is 3.37. The number of likely N-dealkylation sites (N-methyl/N-ethyl adjacent to an activating group) is 1. The molecule has 21 heavy (non-hydrogen) atoms. The minimum Gasteiger partial charge on any atom is -0.344 e. The van der Waals surface area contributed by atoms with Crippen LogP contribution in [0.2, 0.25) is 0 Å². The minimum absolute atomic E-state index is 0.163. The van der Waals surface area contributed by atoms with Crippen molar-refractivity contribution >= 4 is 5.91 Å². The zero-order chi connectivity index (χ0) is 16.0. The number of alkyl halides is 3. The zero-order valence-electron chi connectivity index (χ0n) is 12.2. The van der Waals surface area contributed by atoms with Crippen molar-refractivity contribution in [2.45, 2.75) is 44.4 Å². The van der Waals surface area contributed by atoms with E-state index < -0.39 is 23.5 Å². The maximum absolute atomic E-state index is 12.9. The number of nitrogens with two attached hydrogens (primary N) is 1. The fraction of sp³-hybridized carbons (Fsp3) is 0.692. The summed E-state index contributed by atoms with van der Waals surface area (Å²) in [5.74, 6) is 0.000627. The number of aromatic nitrogens is 2. The normalized spacial score (nSPS) is 20.4. The molecule has 1 aliphatic rings. The van der Waals surface area contributed by atoms with Crippen LogP contribution >= 0.6 is 0 Å². The summed E-state index contributed by atoms with van der Waals surface area (Å²) in [5.41, 5.74) is 4.19. The number of hydrogen-bond donors (Lipinski definition) is 1. The smallest absolute Gasteiger partial charge is 0.344 e. The van der Waals surface area contributed by atoms with Crippen LogP contribution in [0, 0.1) is 0 Å². The lowest BCUT2D eigenvalue weighted by Gasteiger charge is -2.20. The van der Waals surface area contributed by atoms with Gasteiger partial charge in [-0.15, -0.1) is 0 Å². The average molecular weight is 304 g/mol. The average Bonchev–Trinajstić information content (AvgIpc) is 2.82. The number of hydrogen-bond acceptors (Lipinski definition) is 3. The molecule has 2 rings (SSSR count). The molecule has 0 bridgehead atoms. The van der Waals surface area contributed by atoms with Gasteiger partial charge in [-0.1, -0.05) is 0 Å². The molecule has 0 unspecified atom stereocenters. The van der Waals surface area contributed by atoms with Gasteiger partial charge >= 0.3 is 6.18 Å². The van der Waals surface area contributed by atoms with Crippen LogP contribution in [-0.2, 0) is 17.4 Å². The summed E-state index contributed by atoms with van der Waals surface area (Å²) in [6.07, 6.45) is -2.98. The number of imidazole rings is 1. The Morgan fingerprint density at radius 2 is 2.05 bits per heavy atom. The van der Waals surface area contributed by atoms with Crippen LogP contribution in [0.15, 0.2) is 6.20 Å². The zero-order valence-corrected chi connectivity index (χ0v) is 12.2. The van der Waals surface area contributed by atoms with Gasteiger partial charge in [0.05, 0.1) is 0 Å². The van der Waals surface area contributed by atoms with Crippen molar-refractivity contribution in [3.05, 3.63) is 17.7 Å². The Morgan fingerprint density at radius 3 is 2.48 bits per heavy atom. The van der Waals surface area contributed by atoms with E-state index in [0.717, 1.165) is 6.20 Å². The summed E-state index contributed by atoms with van der Waals surface area (Å²) in [4.78, 5) is 17.2. The van der Waals surface area contributed by atoms with E-state index in [4.69, 9.17) is 5.73 Å². The lowest BCUT2D eigenvalue weighted by molar-refractivity contribution is -0.141. The lowest BCUT2D eigenvalue weighted by atomic mass is 10.0. The van der Waals surface area contributed by atoms with E-state index in [-0.39, 0.29) is 18.2 Å². The van der Waals surface area contributed by atoms with Crippen molar-refractivity contribution in [2.24, 2.45) is 5.73 Å². The van der Waals surface area contributed by atoms with Gasteiger partial charge in [0.1, 0.15) is 11.9 Å². The van der Waals surface area contributed by atoms with Crippen LogP contribution in [0.25, 0.3) is 0 Å². The Morgan fingerprint density at radius 1 is 1.43 bits per heavy atom. The Kier molecular flexibility index (Phi) is 3.77. The first kappa shape index (κ1) is 15.8. The van der Waals surface area contributed by atoms with Gasteiger partial charge in [0.25, 0.3) is 0 Å². The van der Waals surface area contributed by atoms with Crippen LogP contribution in [0.1, 0.15) is 37.8 Å². The fourth-order valence-electron chi connectivity index (χ4n) is 2.44. The molecule has 2 N–H and O–H groups in total. The second-order valence-corrected chi connectivity index (χ2v) is 6.18. The highest BCUT2D eigenvalue weighted by Gasteiger charge is 2.39. The molecule has 0 aromatic carbocycles. The van der Waals surface area contributed by atoms with Crippen molar-refractivity contribution < 1.29 is 18.0 Å². The fourth-order valence-corrected chi connectivity index (χ4v) is 2.44. The largest absolute Gasteiger partial charge is 0.434 e. The van der Waals surface area contributed by atoms with Crippen molar-refractivity contribution in [1.29, 1.82) is 0 Å². The minimum atomic E-state index is -4.54. The highest BCUT2D eigenvalue weighted by molar-refractivity contribution is 5.82. The monoisotopic (exact) mass is 304 g/mol. The summed E-state index contributed by atoms with van der Waals surface area (Å²) in [5, 5.41) is 0. The van der Waals surface area contributed by atoms with Gasteiger partial charge < -0.3 is 15.2 Å². The molecule has 5 nitrogen and oxygen atoms in total. The molecule has 2 heterocycles. The number of nitrogens with zero attached hydrogens (tertiary/aromatic N) is 3. The Labute approximate surface area is 120 Å². The van der Waals surface area contributed by atoms with Gasteiger partial charge in [-0.25, -0.2) is 4.98 Å². The van der Waals surface area contributed by atoms with Crippen LogP contribution in [0.3, 0.4) is 0 Å². The van der Waals surface area contributed by atoms with E-state index in [1.165, 1.54) is 9.47 Å². The van der Waals surface area contributed by atoms with Crippen LogP contribution < -0.4 is 5.73 Å². The van der Waals surface area contributed by atoms with Crippen molar-refractivity contribution in [2.75, 3.05) is 13.6 Å². The molecule has 0 aliphatic carbocycles. The van der Waals surface area contributed by atoms with Crippen LogP contribution in [0.5, 0.6) is 0 Å². The Hall–Kier alpha value is -1.57. The van der Waals surface area contributed by atoms with E-state index in [2.05, 4.69) is 4.98 Å². The van der Waals surface area contributed by atoms with Gasteiger partial charge in [-0.05, 0) is 20.3 Å². The lowest BCUT2D eigenvalue weighted by Crippen LogP contribution is -2.36. The maximum Gasteiger partial charge on any atom is 0.434 e. The highest BCUT2D eigenvalue weighted by atomic mass is 19.4. The third-order valence-corrected chi connectivity index (χ3v) is 3.45. The molecule has 118 valence electrons. The van der Waals surface area contributed by atoms with E-state index in [0.29, 0.717) is 13.0 Å². The van der Waals surface area contributed by atoms with E-state index in [1.54, 1.807) is 20.9 Å². The first-order valence-electron chi connectivity index (χ1n) is 6.68. The van der Waals surface area contributed by atoms with Crippen molar-refractivity contribution in [3.8, 4) is 0 Å². The maximum atomic E-state index is 12.9. The van der Waals surface area contributed by atoms with Crippen molar-refractivity contribution in [1.82, 2.24) is 14.5 Å². The van der Waals surface area contributed by atoms with E-state index in [9.17, 15) is 18.0 Å². The van der Waals surface area contributed by atoms with Crippen LogP contribution in [0.4, 0.5) is 13.2 Å². The van der Waals surface area contributed by atoms with Gasteiger partial charge in [-0.2, -0.15) is 13.2 Å². The molecule has 1 atom stereocenters. The second kappa shape index (κ2) is 5.01. The van der Waals surface area contributed by atoms with Crippen molar-refractivity contribution in [3.63, 3.8) is 0 Å². The van der Waals surface area contributed by atoms with E-state index in [1.807, 2.05) is 0 Å². The summed E-state index contributed by atoms with van der Waals surface area (Å²) < 4.78 is 40.0. The quantitative estimate of drug-likeness (QED) is 0.922. The molecule has 1 aliphatic heterocycles. The molecule has 1 saturated heterocycles. The predicted molar refractivity (Wildman–Crippen MR) is 70.5 cm³/mol. The molecule has 1 fully saturated rings. The first-order chi connectivity index (χ1) is 9.49. The molecule has 0 radical (unpaired) electrons. The number of amides is 1. The number of halogens is 3. The van der Waals surface area contributed by atoms with Gasteiger partial charge in [0.15, 0.2) is 5.69 Å². The SMILES string of the molecule is CN1CC[C@@H](n2cc(C(F)(F)F)nc2CC(C)(C)N)C1=O. The van der Waals surface area contributed by atoms with Gasteiger partial charge in [-0.3, -0.25) is 4.79 Å². The summed E-state index contributed by atoms with van der Waals surface area (Å²) in [6.45, 7) is 3.94. The van der Waals surface area contributed by atoms with Crippen LogP contribution in [-0.4, -0.2) is 39.5 Å². The topological polar surface area (TPSA) is 64.2 Å². The third-order valence-electron chi connectivity index (χ3n) is 3.45. The molecule has 0 saturated carbocycles. The predicted octanol–water partition coefficient (Wildman–Crippen LogP) is 1.58. The summed E-state index contributed by atoms with van der Waals surface area (Å²) in [6, 6.07) is -0.629. The molecule has 0 spiro atoms. The number of rotatable bonds is 3. The molecule has 8 heteroatoms. The molecule has 1 amide bonds. The number of carbonyl (C=O) groups excluding carboxylic acids is 1. The number of carbonyl (C=O) groups is 1. The Balaban J connectivity index is 2.43. The summed E-state index contributed by atoms with van der Waals surface area (Å²) >= 11 is 0. The summed E-state index contributed by atoms with van der Waals surface area (Å²) in [7, 11) is 1.64. The molecule has 1 aromatic heterocycles. The van der Waals surface area contributed by atoms with Gasteiger partial charge in [0.2, 0.25) is 5.91 Å². The molecular weight excluding hydrogens is 285 g/mol. The molecular formula is C13H19F3N4O. The molecule has 1 aromatic rings. The second-order valence-electron chi connectivity index (χ2n) is 6.18. The standard InChI is InChI=1S/C13H19F3N4O/c1-12(2,17)6-10-18-9(13(14,15)16)7-20(10)8-4-5-19(3)11(8)21/h7-8H,4-6,17H2,1-3H3/t8-/m1/s1.